The molecule has 0 aromatic carbocycles. The van der Waals surface area contributed by atoms with Crippen LogP contribution in [0.5, 0.6) is 0 Å². The van der Waals surface area contributed by atoms with Gasteiger partial charge in [-0.1, -0.05) is 12.8 Å². The Balaban J connectivity index is 2.11. The summed E-state index contributed by atoms with van der Waals surface area (Å²) in [5, 5.41) is 0. The van der Waals surface area contributed by atoms with Gasteiger partial charge in [0, 0.05) is 12.1 Å². The van der Waals surface area contributed by atoms with Gasteiger partial charge in [0.1, 0.15) is 9.26 Å². The first-order chi connectivity index (χ1) is 9.65. The third-order valence-corrected chi connectivity index (χ3v) is 4.83. The molecule has 0 spiro atoms. The molecule has 3 rings (SSSR count). The summed E-state index contributed by atoms with van der Waals surface area (Å²) in [5.74, 6) is 1.01. The largest absolute Gasteiger partial charge is 0.304 e. The van der Waals surface area contributed by atoms with E-state index in [9.17, 15) is 4.79 Å². The Kier molecular flexibility index (Phi) is 3.87. The molecule has 4 nitrogen and oxygen atoms in total. The standard InChI is InChI=1S/C15H16IN3O/c1-9-6-7-17-11(8-9)14-18-13(10-4-2-3-5-10)12(16)15(20)19-14/h6-8,10H,2-5H2,1H3,(H,18,19,20). The van der Waals surface area contributed by atoms with E-state index in [0.29, 0.717) is 11.7 Å². The van der Waals surface area contributed by atoms with E-state index in [2.05, 4.69) is 32.6 Å². The molecule has 1 fully saturated rings. The van der Waals surface area contributed by atoms with Crippen LogP contribution < -0.4 is 5.56 Å². The lowest BCUT2D eigenvalue weighted by Gasteiger charge is -2.12. The predicted octanol–water partition coefficient (Wildman–Crippen LogP) is 3.40. The van der Waals surface area contributed by atoms with Crippen molar-refractivity contribution in [2.24, 2.45) is 0 Å². The highest BCUT2D eigenvalue weighted by atomic mass is 127. The van der Waals surface area contributed by atoms with E-state index in [1.165, 1.54) is 12.8 Å². The average molecular weight is 381 g/mol. The Bertz CT molecular complexity index is 690. The van der Waals surface area contributed by atoms with E-state index >= 15 is 0 Å². The second-order valence-electron chi connectivity index (χ2n) is 5.31. The van der Waals surface area contributed by atoms with Gasteiger partial charge in [-0.25, -0.2) is 4.98 Å². The molecule has 5 heteroatoms. The van der Waals surface area contributed by atoms with E-state index in [-0.39, 0.29) is 5.56 Å². The third-order valence-electron chi connectivity index (χ3n) is 3.79. The maximum atomic E-state index is 12.1. The zero-order valence-corrected chi connectivity index (χ0v) is 13.5. The summed E-state index contributed by atoms with van der Waals surface area (Å²) in [5.41, 5.74) is 2.74. The fourth-order valence-electron chi connectivity index (χ4n) is 2.73. The summed E-state index contributed by atoms with van der Waals surface area (Å²) in [6.45, 7) is 2.01. The second kappa shape index (κ2) is 5.63. The molecule has 20 heavy (non-hydrogen) atoms. The van der Waals surface area contributed by atoms with Gasteiger partial charge in [0.15, 0.2) is 5.82 Å². The van der Waals surface area contributed by atoms with Gasteiger partial charge in [0.05, 0.1) is 5.69 Å². The van der Waals surface area contributed by atoms with E-state index in [1.807, 2.05) is 19.1 Å². The van der Waals surface area contributed by atoms with Gasteiger partial charge in [0.2, 0.25) is 0 Å². The number of aromatic amines is 1. The van der Waals surface area contributed by atoms with Crippen LogP contribution in [0.3, 0.4) is 0 Å². The van der Waals surface area contributed by atoms with Gasteiger partial charge in [-0.15, -0.1) is 0 Å². The van der Waals surface area contributed by atoms with Crippen molar-refractivity contribution in [1.82, 2.24) is 15.0 Å². The fraction of sp³-hybridized carbons (Fsp3) is 0.400. The molecular formula is C15H16IN3O. The van der Waals surface area contributed by atoms with Crippen molar-refractivity contribution >= 4 is 22.6 Å². The smallest absolute Gasteiger partial charge is 0.264 e. The van der Waals surface area contributed by atoms with E-state index in [0.717, 1.165) is 33.4 Å². The molecule has 0 bridgehead atoms. The van der Waals surface area contributed by atoms with E-state index in [4.69, 9.17) is 4.98 Å². The summed E-state index contributed by atoms with van der Waals surface area (Å²) >= 11 is 2.11. The van der Waals surface area contributed by atoms with Crippen LogP contribution in [0.25, 0.3) is 11.5 Å². The number of hydrogen-bond donors (Lipinski definition) is 1. The lowest BCUT2D eigenvalue weighted by atomic mass is 10.0. The third kappa shape index (κ3) is 2.63. The Labute approximate surface area is 131 Å². The molecule has 104 valence electrons. The minimum Gasteiger partial charge on any atom is -0.304 e. The number of rotatable bonds is 2. The number of nitrogens with zero attached hydrogens (tertiary/aromatic N) is 2. The molecule has 1 N–H and O–H groups in total. The lowest BCUT2D eigenvalue weighted by Crippen LogP contribution is -2.18. The molecule has 0 radical (unpaired) electrons. The predicted molar refractivity (Wildman–Crippen MR) is 86.8 cm³/mol. The van der Waals surface area contributed by atoms with Gasteiger partial charge < -0.3 is 4.98 Å². The zero-order valence-electron chi connectivity index (χ0n) is 11.3. The van der Waals surface area contributed by atoms with Crippen LogP contribution in [0, 0.1) is 10.5 Å². The summed E-state index contributed by atoms with van der Waals surface area (Å²) in [4.78, 5) is 24.0. The molecule has 0 unspecified atom stereocenters. The van der Waals surface area contributed by atoms with Gasteiger partial charge in [0.25, 0.3) is 5.56 Å². The highest BCUT2D eigenvalue weighted by Crippen LogP contribution is 2.34. The quantitative estimate of drug-likeness (QED) is 0.812. The Morgan fingerprint density at radius 1 is 1.35 bits per heavy atom. The number of hydrogen-bond acceptors (Lipinski definition) is 3. The fourth-order valence-corrected chi connectivity index (χ4v) is 3.43. The molecule has 2 heterocycles. The molecule has 1 aliphatic rings. The van der Waals surface area contributed by atoms with Crippen molar-refractivity contribution in [1.29, 1.82) is 0 Å². The number of H-pyrrole nitrogens is 1. The molecule has 1 saturated carbocycles. The summed E-state index contributed by atoms with van der Waals surface area (Å²) in [7, 11) is 0. The van der Waals surface area contributed by atoms with Crippen LogP contribution >= 0.6 is 22.6 Å². The zero-order chi connectivity index (χ0) is 14.1. The lowest BCUT2D eigenvalue weighted by molar-refractivity contribution is 0.687. The van der Waals surface area contributed by atoms with Crippen molar-refractivity contribution in [3.8, 4) is 11.5 Å². The van der Waals surface area contributed by atoms with Crippen molar-refractivity contribution in [3.05, 3.63) is 43.5 Å². The molecule has 0 aliphatic heterocycles. The monoisotopic (exact) mass is 381 g/mol. The molecule has 1 aliphatic carbocycles. The first-order valence-corrected chi connectivity index (χ1v) is 7.96. The Morgan fingerprint density at radius 3 is 2.80 bits per heavy atom. The number of aromatic nitrogens is 3. The van der Waals surface area contributed by atoms with Crippen molar-refractivity contribution in [2.75, 3.05) is 0 Å². The molecular weight excluding hydrogens is 365 g/mol. The molecule has 0 saturated heterocycles. The maximum absolute atomic E-state index is 12.1. The minimum atomic E-state index is -0.0548. The topological polar surface area (TPSA) is 58.6 Å². The highest BCUT2D eigenvalue weighted by molar-refractivity contribution is 14.1. The Morgan fingerprint density at radius 2 is 2.10 bits per heavy atom. The van der Waals surface area contributed by atoms with Gasteiger partial charge >= 0.3 is 0 Å². The maximum Gasteiger partial charge on any atom is 0.264 e. The van der Waals surface area contributed by atoms with Crippen LogP contribution in [0.4, 0.5) is 0 Å². The normalized spacial score (nSPS) is 15.7. The number of nitrogens with one attached hydrogen (secondary N) is 1. The van der Waals surface area contributed by atoms with Crippen LogP contribution in [0.2, 0.25) is 0 Å². The molecule has 0 atom stereocenters. The first kappa shape index (κ1) is 13.7. The number of aryl methyl sites for hydroxylation is 1. The van der Waals surface area contributed by atoms with E-state index in [1.54, 1.807) is 6.20 Å². The van der Waals surface area contributed by atoms with Gasteiger partial charge in [-0.3, -0.25) is 9.78 Å². The first-order valence-electron chi connectivity index (χ1n) is 6.88. The average Bonchev–Trinajstić information content (AvgIpc) is 2.95. The molecule has 0 amide bonds. The Hall–Kier alpha value is -1.24. The highest BCUT2D eigenvalue weighted by Gasteiger charge is 2.23. The van der Waals surface area contributed by atoms with Crippen molar-refractivity contribution in [3.63, 3.8) is 0 Å². The molecule has 2 aromatic heterocycles. The number of halogens is 1. The van der Waals surface area contributed by atoms with Crippen LogP contribution in [-0.2, 0) is 0 Å². The van der Waals surface area contributed by atoms with Crippen LogP contribution in [0.15, 0.2) is 23.1 Å². The number of pyridine rings is 1. The van der Waals surface area contributed by atoms with Crippen LogP contribution in [0.1, 0.15) is 42.9 Å². The summed E-state index contributed by atoms with van der Waals surface area (Å²) in [6.07, 6.45) is 6.47. The summed E-state index contributed by atoms with van der Waals surface area (Å²) in [6, 6.07) is 3.88. The van der Waals surface area contributed by atoms with Crippen molar-refractivity contribution in [2.45, 2.75) is 38.5 Å². The van der Waals surface area contributed by atoms with Crippen LogP contribution in [-0.4, -0.2) is 15.0 Å². The second-order valence-corrected chi connectivity index (χ2v) is 6.39. The minimum absolute atomic E-state index is 0.0548. The molecule has 2 aromatic rings. The van der Waals surface area contributed by atoms with E-state index < -0.39 is 0 Å². The van der Waals surface area contributed by atoms with Crippen molar-refractivity contribution < 1.29 is 0 Å². The van der Waals surface area contributed by atoms with Gasteiger partial charge in [-0.2, -0.15) is 0 Å². The SMILES string of the molecule is Cc1ccnc(-c2nc(C3CCCC3)c(I)c(=O)[nH]2)c1. The summed E-state index contributed by atoms with van der Waals surface area (Å²) < 4.78 is 0.728. The van der Waals surface area contributed by atoms with Gasteiger partial charge in [-0.05, 0) is 60.1 Å².